The standard InChI is InChI=1S/C17H25N3O/c1-13(21)16-11-14(5-6-17(16)18)20-10-7-15(12-20)19-8-3-2-4-9-19/h5-6,11,15H,2-4,7-10,12,18H2,1H3. The van der Waals surface area contributed by atoms with Gasteiger partial charge >= 0.3 is 0 Å². The van der Waals surface area contributed by atoms with Crippen LogP contribution in [-0.2, 0) is 0 Å². The van der Waals surface area contributed by atoms with Gasteiger partial charge in [0.15, 0.2) is 5.78 Å². The number of nitrogens with two attached hydrogens (primary N) is 1. The van der Waals surface area contributed by atoms with Crippen molar-refractivity contribution in [2.45, 2.75) is 38.6 Å². The number of hydrogen-bond acceptors (Lipinski definition) is 4. The van der Waals surface area contributed by atoms with Crippen LogP contribution in [0.3, 0.4) is 0 Å². The zero-order valence-corrected chi connectivity index (χ0v) is 12.8. The molecule has 21 heavy (non-hydrogen) atoms. The van der Waals surface area contributed by atoms with Gasteiger partial charge in [0.25, 0.3) is 0 Å². The number of rotatable bonds is 3. The van der Waals surface area contributed by atoms with Gasteiger partial charge < -0.3 is 10.6 Å². The third-order valence-corrected chi connectivity index (χ3v) is 4.85. The predicted molar refractivity (Wildman–Crippen MR) is 86.9 cm³/mol. The maximum Gasteiger partial charge on any atom is 0.161 e. The number of likely N-dealkylation sites (tertiary alicyclic amines) is 1. The first kappa shape index (κ1) is 14.4. The molecule has 2 heterocycles. The first-order valence-corrected chi connectivity index (χ1v) is 8.04. The lowest BCUT2D eigenvalue weighted by Gasteiger charge is -2.32. The lowest BCUT2D eigenvalue weighted by atomic mass is 10.1. The van der Waals surface area contributed by atoms with E-state index in [1.807, 2.05) is 18.2 Å². The van der Waals surface area contributed by atoms with Gasteiger partial charge in [-0.1, -0.05) is 6.42 Å². The van der Waals surface area contributed by atoms with Crippen LogP contribution in [0.5, 0.6) is 0 Å². The second-order valence-corrected chi connectivity index (χ2v) is 6.31. The molecule has 0 aromatic heterocycles. The number of anilines is 2. The number of benzene rings is 1. The van der Waals surface area contributed by atoms with Crippen molar-refractivity contribution in [2.75, 3.05) is 36.8 Å². The average molecular weight is 287 g/mol. The smallest absolute Gasteiger partial charge is 0.161 e. The summed E-state index contributed by atoms with van der Waals surface area (Å²) in [6, 6.07) is 6.53. The molecule has 0 bridgehead atoms. The van der Waals surface area contributed by atoms with Crippen LogP contribution < -0.4 is 10.6 Å². The van der Waals surface area contributed by atoms with Gasteiger partial charge in [0.05, 0.1) is 0 Å². The van der Waals surface area contributed by atoms with Crippen molar-refractivity contribution < 1.29 is 4.79 Å². The Morgan fingerprint density at radius 1 is 1.19 bits per heavy atom. The molecule has 2 aliphatic rings. The van der Waals surface area contributed by atoms with Gasteiger partial charge in [-0.2, -0.15) is 0 Å². The summed E-state index contributed by atoms with van der Waals surface area (Å²) in [6.45, 7) is 6.22. The van der Waals surface area contributed by atoms with E-state index in [0.29, 0.717) is 17.3 Å². The number of Topliss-reactive ketones (excluding diaryl/α,β-unsaturated/α-hetero) is 1. The average Bonchev–Trinajstić information content (AvgIpc) is 2.98. The lowest BCUT2D eigenvalue weighted by molar-refractivity contribution is 0.101. The van der Waals surface area contributed by atoms with Gasteiger partial charge in [-0.25, -0.2) is 0 Å². The van der Waals surface area contributed by atoms with E-state index in [4.69, 9.17) is 5.73 Å². The second kappa shape index (κ2) is 6.06. The summed E-state index contributed by atoms with van der Waals surface area (Å²) < 4.78 is 0. The van der Waals surface area contributed by atoms with E-state index in [0.717, 1.165) is 18.8 Å². The monoisotopic (exact) mass is 287 g/mol. The quantitative estimate of drug-likeness (QED) is 0.685. The summed E-state index contributed by atoms with van der Waals surface area (Å²) >= 11 is 0. The molecule has 4 heteroatoms. The predicted octanol–water partition coefficient (Wildman–Crippen LogP) is 2.54. The third-order valence-electron chi connectivity index (χ3n) is 4.85. The Morgan fingerprint density at radius 2 is 1.95 bits per heavy atom. The first-order chi connectivity index (χ1) is 10.1. The largest absolute Gasteiger partial charge is 0.398 e. The number of carbonyl (C=O) groups excluding carboxylic acids is 1. The Hall–Kier alpha value is -1.55. The van der Waals surface area contributed by atoms with Crippen LogP contribution in [0, 0.1) is 0 Å². The molecule has 0 aliphatic carbocycles. The molecule has 0 spiro atoms. The number of nitrogen functional groups attached to an aromatic ring is 1. The molecule has 1 aromatic carbocycles. The van der Waals surface area contributed by atoms with E-state index in [9.17, 15) is 4.79 Å². The second-order valence-electron chi connectivity index (χ2n) is 6.31. The highest BCUT2D eigenvalue weighted by Crippen LogP contribution is 2.27. The highest BCUT2D eigenvalue weighted by Gasteiger charge is 2.28. The highest BCUT2D eigenvalue weighted by molar-refractivity contribution is 6.00. The fourth-order valence-corrected chi connectivity index (χ4v) is 3.60. The van der Waals surface area contributed by atoms with E-state index >= 15 is 0 Å². The van der Waals surface area contributed by atoms with E-state index in [-0.39, 0.29) is 5.78 Å². The van der Waals surface area contributed by atoms with Crippen molar-refractivity contribution in [1.82, 2.24) is 4.90 Å². The van der Waals surface area contributed by atoms with Crippen LogP contribution in [0.15, 0.2) is 18.2 Å². The zero-order chi connectivity index (χ0) is 14.8. The van der Waals surface area contributed by atoms with Crippen LogP contribution in [-0.4, -0.2) is 42.9 Å². The van der Waals surface area contributed by atoms with Gasteiger partial charge in [0, 0.05) is 36.1 Å². The molecule has 3 rings (SSSR count). The zero-order valence-electron chi connectivity index (χ0n) is 12.8. The number of carbonyl (C=O) groups is 1. The third kappa shape index (κ3) is 3.05. The molecule has 1 aromatic rings. The molecule has 0 radical (unpaired) electrons. The molecule has 0 amide bonds. The van der Waals surface area contributed by atoms with Crippen molar-refractivity contribution in [2.24, 2.45) is 0 Å². The molecule has 2 fully saturated rings. The summed E-state index contributed by atoms with van der Waals surface area (Å²) in [5, 5.41) is 0. The molecule has 2 saturated heterocycles. The molecule has 114 valence electrons. The van der Waals surface area contributed by atoms with E-state index in [1.165, 1.54) is 38.8 Å². The Bertz CT molecular complexity index is 523. The highest BCUT2D eigenvalue weighted by atomic mass is 16.1. The summed E-state index contributed by atoms with van der Waals surface area (Å²) in [4.78, 5) is 16.7. The van der Waals surface area contributed by atoms with Crippen LogP contribution in [0.4, 0.5) is 11.4 Å². The molecule has 1 atom stereocenters. The summed E-state index contributed by atoms with van der Waals surface area (Å²) in [5.41, 5.74) is 8.25. The molecular formula is C17H25N3O. The lowest BCUT2D eigenvalue weighted by Crippen LogP contribution is -2.40. The maximum absolute atomic E-state index is 11.6. The van der Waals surface area contributed by atoms with Crippen LogP contribution in [0.1, 0.15) is 43.0 Å². The van der Waals surface area contributed by atoms with E-state index in [1.54, 1.807) is 6.92 Å². The van der Waals surface area contributed by atoms with Gasteiger partial charge in [-0.3, -0.25) is 9.69 Å². The number of ketones is 1. The number of hydrogen-bond donors (Lipinski definition) is 1. The Labute approximate surface area is 126 Å². The van der Waals surface area contributed by atoms with Gasteiger partial charge in [0.2, 0.25) is 0 Å². The maximum atomic E-state index is 11.6. The number of piperidine rings is 1. The Kier molecular flexibility index (Phi) is 4.15. The van der Waals surface area contributed by atoms with Gasteiger partial charge in [-0.05, 0) is 57.5 Å². The molecule has 2 aliphatic heterocycles. The Morgan fingerprint density at radius 3 is 2.67 bits per heavy atom. The minimum atomic E-state index is 0.0427. The molecule has 2 N–H and O–H groups in total. The fraction of sp³-hybridized carbons (Fsp3) is 0.588. The van der Waals surface area contributed by atoms with Gasteiger partial charge in [-0.15, -0.1) is 0 Å². The van der Waals surface area contributed by atoms with Crippen molar-refractivity contribution >= 4 is 17.2 Å². The van der Waals surface area contributed by atoms with E-state index in [2.05, 4.69) is 9.80 Å². The van der Waals surface area contributed by atoms with Crippen molar-refractivity contribution in [1.29, 1.82) is 0 Å². The van der Waals surface area contributed by atoms with Crippen LogP contribution in [0.2, 0.25) is 0 Å². The van der Waals surface area contributed by atoms with Gasteiger partial charge in [0.1, 0.15) is 0 Å². The Balaban J connectivity index is 1.71. The summed E-state index contributed by atoms with van der Waals surface area (Å²) in [5.74, 6) is 0.0427. The van der Waals surface area contributed by atoms with E-state index < -0.39 is 0 Å². The van der Waals surface area contributed by atoms with Crippen molar-refractivity contribution in [3.63, 3.8) is 0 Å². The topological polar surface area (TPSA) is 49.6 Å². The summed E-state index contributed by atoms with van der Waals surface area (Å²) in [6.07, 6.45) is 5.28. The summed E-state index contributed by atoms with van der Waals surface area (Å²) in [7, 11) is 0. The SMILES string of the molecule is CC(=O)c1cc(N2CCC(N3CCCCC3)C2)ccc1N. The molecular weight excluding hydrogens is 262 g/mol. The minimum Gasteiger partial charge on any atom is -0.398 e. The molecule has 1 unspecified atom stereocenters. The molecule has 0 saturated carbocycles. The minimum absolute atomic E-state index is 0.0427. The number of nitrogens with zero attached hydrogens (tertiary/aromatic N) is 2. The normalized spacial score (nSPS) is 23.5. The fourth-order valence-electron chi connectivity index (χ4n) is 3.60. The van der Waals surface area contributed by atoms with Crippen molar-refractivity contribution in [3.05, 3.63) is 23.8 Å². The van der Waals surface area contributed by atoms with Crippen LogP contribution >= 0.6 is 0 Å². The van der Waals surface area contributed by atoms with Crippen LogP contribution in [0.25, 0.3) is 0 Å². The first-order valence-electron chi connectivity index (χ1n) is 8.04. The van der Waals surface area contributed by atoms with Crippen molar-refractivity contribution in [3.8, 4) is 0 Å². The molecule has 4 nitrogen and oxygen atoms in total.